The molecule has 0 atom stereocenters. The minimum Gasteiger partial charge on any atom is -0.368 e. The van der Waals surface area contributed by atoms with Gasteiger partial charge in [-0.25, -0.2) is 4.98 Å². The van der Waals surface area contributed by atoms with Crippen LogP contribution in [0.25, 0.3) is 20.4 Å². The number of rotatable bonds is 2. The Balaban J connectivity index is 2.44. The van der Waals surface area contributed by atoms with E-state index in [0.717, 1.165) is 22.9 Å². The quantitative estimate of drug-likeness (QED) is 0.769. The van der Waals surface area contributed by atoms with Gasteiger partial charge in [0, 0.05) is 24.7 Å². The van der Waals surface area contributed by atoms with Gasteiger partial charge in [0.1, 0.15) is 4.83 Å². The molecule has 94 valence electrons. The van der Waals surface area contributed by atoms with Gasteiger partial charge in [-0.3, -0.25) is 4.68 Å². The molecule has 0 bridgehead atoms. The number of nitrogens with zero attached hydrogens (tertiary/aromatic N) is 3. The second-order valence-electron chi connectivity index (χ2n) is 4.54. The smallest absolute Gasteiger partial charge is 0.166 e. The number of pyridine rings is 1. The topological polar surface area (TPSA) is 42.7 Å². The van der Waals surface area contributed by atoms with Crippen molar-refractivity contribution in [1.82, 2.24) is 14.8 Å². The third kappa shape index (κ3) is 1.50. The first-order chi connectivity index (χ1) is 8.61. The molecule has 0 saturated carbocycles. The Kier molecular flexibility index (Phi) is 2.52. The van der Waals surface area contributed by atoms with Crippen molar-refractivity contribution >= 4 is 37.6 Å². The number of anilines is 1. The van der Waals surface area contributed by atoms with Gasteiger partial charge in [-0.1, -0.05) is 0 Å². The van der Waals surface area contributed by atoms with Crippen LogP contribution < -0.4 is 5.32 Å². The van der Waals surface area contributed by atoms with E-state index in [1.807, 2.05) is 18.7 Å². The van der Waals surface area contributed by atoms with Gasteiger partial charge in [-0.05, 0) is 32.4 Å². The summed E-state index contributed by atoms with van der Waals surface area (Å²) < 4.78 is 3.16. The van der Waals surface area contributed by atoms with Crippen molar-refractivity contribution in [3.8, 4) is 0 Å². The van der Waals surface area contributed by atoms with Gasteiger partial charge in [0.15, 0.2) is 5.82 Å². The van der Waals surface area contributed by atoms with Crippen LogP contribution in [0.15, 0.2) is 6.07 Å². The molecule has 0 fully saturated rings. The molecule has 0 unspecified atom stereocenters. The van der Waals surface area contributed by atoms with E-state index in [4.69, 9.17) is 0 Å². The van der Waals surface area contributed by atoms with E-state index in [0.29, 0.717) is 0 Å². The molecule has 3 heterocycles. The summed E-state index contributed by atoms with van der Waals surface area (Å²) in [7, 11) is 1.99. The molecule has 3 aromatic heterocycles. The highest BCUT2D eigenvalue weighted by Crippen LogP contribution is 2.38. The molecule has 0 aliphatic heterocycles. The Morgan fingerprint density at radius 1 is 1.39 bits per heavy atom. The molecule has 3 rings (SSSR count). The number of aromatic nitrogens is 3. The standard InChI is InChI=1S/C13H16N4S/c1-5-14-12-11-10(17(4)16-12)9-7(2)6-8(3)15-13(9)18-11/h6H,5H2,1-4H3,(H,14,16). The predicted molar refractivity (Wildman–Crippen MR) is 77.5 cm³/mol. The number of fused-ring (bicyclic) bond motifs is 3. The zero-order valence-corrected chi connectivity index (χ0v) is 11.9. The first-order valence-electron chi connectivity index (χ1n) is 6.09. The van der Waals surface area contributed by atoms with Crippen molar-refractivity contribution in [2.24, 2.45) is 7.05 Å². The fourth-order valence-electron chi connectivity index (χ4n) is 2.42. The van der Waals surface area contributed by atoms with Crippen molar-refractivity contribution < 1.29 is 0 Å². The molecule has 0 aliphatic rings. The molecule has 0 aliphatic carbocycles. The average Bonchev–Trinajstić information content (AvgIpc) is 2.79. The molecule has 1 N–H and O–H groups in total. The lowest BCUT2D eigenvalue weighted by atomic mass is 10.1. The van der Waals surface area contributed by atoms with Crippen LogP contribution in [-0.4, -0.2) is 21.3 Å². The minimum atomic E-state index is 0.881. The highest BCUT2D eigenvalue weighted by molar-refractivity contribution is 7.26. The van der Waals surface area contributed by atoms with E-state index in [1.54, 1.807) is 11.3 Å². The fourth-order valence-corrected chi connectivity index (χ4v) is 3.70. The van der Waals surface area contributed by atoms with Crippen LogP contribution in [0.5, 0.6) is 0 Å². The Labute approximate surface area is 110 Å². The Bertz CT molecular complexity index is 738. The van der Waals surface area contributed by atoms with Crippen LogP contribution in [0.2, 0.25) is 0 Å². The number of aryl methyl sites for hydroxylation is 3. The summed E-state index contributed by atoms with van der Waals surface area (Å²) >= 11 is 1.72. The molecular formula is C13H16N4S. The molecule has 5 heteroatoms. The number of hydrogen-bond donors (Lipinski definition) is 1. The maximum atomic E-state index is 4.64. The second kappa shape index (κ2) is 3.95. The molecule has 0 amide bonds. The third-order valence-electron chi connectivity index (χ3n) is 3.10. The summed E-state index contributed by atoms with van der Waals surface area (Å²) in [6.45, 7) is 7.15. The normalized spacial score (nSPS) is 11.6. The lowest BCUT2D eigenvalue weighted by molar-refractivity contribution is 0.800. The Morgan fingerprint density at radius 3 is 2.89 bits per heavy atom. The maximum Gasteiger partial charge on any atom is 0.166 e. The molecule has 0 spiro atoms. The van der Waals surface area contributed by atoms with Crippen LogP contribution in [0.3, 0.4) is 0 Å². The van der Waals surface area contributed by atoms with Crippen molar-refractivity contribution in [3.05, 3.63) is 17.3 Å². The molecule has 0 aromatic carbocycles. The van der Waals surface area contributed by atoms with Gasteiger partial charge >= 0.3 is 0 Å². The highest BCUT2D eigenvalue weighted by Gasteiger charge is 2.17. The van der Waals surface area contributed by atoms with E-state index >= 15 is 0 Å². The number of nitrogens with one attached hydrogen (secondary N) is 1. The summed E-state index contributed by atoms with van der Waals surface area (Å²) in [5.41, 5.74) is 3.54. The second-order valence-corrected chi connectivity index (χ2v) is 5.54. The van der Waals surface area contributed by atoms with Crippen LogP contribution >= 0.6 is 11.3 Å². The highest BCUT2D eigenvalue weighted by atomic mass is 32.1. The summed E-state index contributed by atoms with van der Waals surface area (Å²) in [5, 5.41) is 9.09. The number of thiophene rings is 1. The summed E-state index contributed by atoms with van der Waals surface area (Å²) in [6, 6.07) is 2.13. The van der Waals surface area contributed by atoms with Gasteiger partial charge in [0.2, 0.25) is 0 Å². The Morgan fingerprint density at radius 2 is 2.17 bits per heavy atom. The number of hydrogen-bond acceptors (Lipinski definition) is 4. The first-order valence-corrected chi connectivity index (χ1v) is 6.90. The van der Waals surface area contributed by atoms with Crippen LogP contribution in [0, 0.1) is 13.8 Å². The van der Waals surface area contributed by atoms with Gasteiger partial charge in [0.25, 0.3) is 0 Å². The average molecular weight is 260 g/mol. The maximum absolute atomic E-state index is 4.64. The van der Waals surface area contributed by atoms with E-state index in [1.165, 1.54) is 21.2 Å². The van der Waals surface area contributed by atoms with Crippen LogP contribution in [-0.2, 0) is 7.05 Å². The van der Waals surface area contributed by atoms with Gasteiger partial charge in [-0.2, -0.15) is 5.10 Å². The SMILES string of the molecule is CCNc1nn(C)c2c1sc1nc(C)cc(C)c12. The molecular weight excluding hydrogens is 244 g/mol. The van der Waals surface area contributed by atoms with E-state index in [9.17, 15) is 0 Å². The van der Waals surface area contributed by atoms with Crippen molar-refractivity contribution in [3.63, 3.8) is 0 Å². The van der Waals surface area contributed by atoms with E-state index in [-0.39, 0.29) is 0 Å². The van der Waals surface area contributed by atoms with Gasteiger partial charge in [0.05, 0.1) is 10.2 Å². The molecule has 4 nitrogen and oxygen atoms in total. The molecule has 18 heavy (non-hydrogen) atoms. The van der Waals surface area contributed by atoms with Crippen LogP contribution in [0.1, 0.15) is 18.2 Å². The van der Waals surface area contributed by atoms with Gasteiger partial charge in [-0.15, -0.1) is 11.3 Å². The molecule has 3 aromatic rings. The summed E-state index contributed by atoms with van der Waals surface area (Å²) in [6.07, 6.45) is 0. The third-order valence-corrected chi connectivity index (χ3v) is 4.17. The molecule has 0 saturated heterocycles. The van der Waals surface area contributed by atoms with Gasteiger partial charge < -0.3 is 5.32 Å². The first kappa shape index (κ1) is 11.5. The summed E-state index contributed by atoms with van der Waals surface area (Å²) in [5.74, 6) is 0.968. The zero-order valence-electron chi connectivity index (χ0n) is 11.0. The van der Waals surface area contributed by atoms with E-state index < -0.39 is 0 Å². The fraction of sp³-hybridized carbons (Fsp3) is 0.385. The predicted octanol–water partition coefficient (Wildman–Crippen LogP) is 3.23. The monoisotopic (exact) mass is 260 g/mol. The lowest BCUT2D eigenvalue weighted by Gasteiger charge is -2.00. The lowest BCUT2D eigenvalue weighted by Crippen LogP contribution is -1.98. The van der Waals surface area contributed by atoms with Crippen molar-refractivity contribution in [2.75, 3.05) is 11.9 Å². The molecule has 0 radical (unpaired) electrons. The van der Waals surface area contributed by atoms with Crippen LogP contribution in [0.4, 0.5) is 5.82 Å². The van der Waals surface area contributed by atoms with Crippen molar-refractivity contribution in [2.45, 2.75) is 20.8 Å². The summed E-state index contributed by atoms with van der Waals surface area (Å²) in [4.78, 5) is 5.74. The largest absolute Gasteiger partial charge is 0.368 e. The Hall–Kier alpha value is -1.62. The zero-order chi connectivity index (χ0) is 12.9. The minimum absolute atomic E-state index is 0.881. The van der Waals surface area contributed by atoms with Crippen molar-refractivity contribution in [1.29, 1.82) is 0 Å². The van der Waals surface area contributed by atoms with E-state index in [2.05, 4.69) is 35.3 Å².